The molecule has 1 aromatic carbocycles. The molecule has 2 aromatic rings. The van der Waals surface area contributed by atoms with Gasteiger partial charge in [0.15, 0.2) is 0 Å². The fourth-order valence-electron chi connectivity index (χ4n) is 1.52. The normalized spacial score (nSPS) is 12.8. The summed E-state index contributed by atoms with van der Waals surface area (Å²) >= 11 is 15.1. The molecule has 0 spiro atoms. The second kappa shape index (κ2) is 5.21. The van der Waals surface area contributed by atoms with E-state index in [1.54, 1.807) is 11.3 Å². The number of alkyl halides is 1. The summed E-state index contributed by atoms with van der Waals surface area (Å²) in [5.41, 5.74) is 2.30. The van der Waals surface area contributed by atoms with Crippen LogP contribution in [0.25, 0.3) is 0 Å². The van der Waals surface area contributed by atoms with E-state index in [2.05, 4.69) is 44.8 Å². The van der Waals surface area contributed by atoms with Crippen LogP contribution in [0.2, 0.25) is 0 Å². The molecule has 0 aliphatic rings. The van der Waals surface area contributed by atoms with Crippen molar-refractivity contribution < 1.29 is 0 Å². The Balaban J connectivity index is 2.35. The fraction of sp³-hybridized carbons (Fsp3) is 0.167. The molecule has 0 fully saturated rings. The monoisotopic (exact) mass is 378 g/mol. The van der Waals surface area contributed by atoms with Gasteiger partial charge in [-0.05, 0) is 52.2 Å². The Morgan fingerprint density at radius 3 is 2.31 bits per heavy atom. The molecule has 84 valence electrons. The van der Waals surface area contributed by atoms with Crippen LogP contribution < -0.4 is 0 Å². The first-order chi connectivity index (χ1) is 7.58. The molecule has 0 amide bonds. The smallest absolute Gasteiger partial charge is 0.0846 e. The molecule has 0 saturated carbocycles. The van der Waals surface area contributed by atoms with Crippen LogP contribution >= 0.6 is 54.8 Å². The summed E-state index contributed by atoms with van der Waals surface area (Å²) in [7, 11) is 0. The van der Waals surface area contributed by atoms with Crippen LogP contribution in [0, 0.1) is 6.92 Å². The predicted molar refractivity (Wildman–Crippen MR) is 78.6 cm³/mol. The van der Waals surface area contributed by atoms with Gasteiger partial charge in [-0.1, -0.05) is 28.1 Å². The molecule has 1 heterocycles. The highest BCUT2D eigenvalue weighted by atomic mass is 79.9. The summed E-state index contributed by atoms with van der Waals surface area (Å²) in [5, 5.41) is -0.0735. The number of thiophene rings is 1. The lowest BCUT2D eigenvalue weighted by molar-refractivity contribution is 1.13. The van der Waals surface area contributed by atoms with Crippen molar-refractivity contribution in [3.63, 3.8) is 0 Å². The first kappa shape index (κ1) is 12.6. The lowest BCUT2D eigenvalue weighted by Gasteiger charge is -2.09. The molecular weight excluding hydrogens is 371 g/mol. The van der Waals surface area contributed by atoms with Gasteiger partial charge in [-0.25, -0.2) is 0 Å². The summed E-state index contributed by atoms with van der Waals surface area (Å²) in [4.78, 5) is 1.26. The Bertz CT molecular complexity index is 490. The van der Waals surface area contributed by atoms with Gasteiger partial charge in [0.25, 0.3) is 0 Å². The third-order valence-corrected chi connectivity index (χ3v) is 4.95. The highest BCUT2D eigenvalue weighted by Gasteiger charge is 2.15. The Kier molecular flexibility index (Phi) is 4.11. The molecule has 1 unspecified atom stereocenters. The third-order valence-electron chi connectivity index (χ3n) is 2.36. The molecule has 0 aliphatic heterocycles. The van der Waals surface area contributed by atoms with Gasteiger partial charge in [-0.3, -0.25) is 0 Å². The average Bonchev–Trinajstić information content (AvgIpc) is 2.58. The molecule has 0 nitrogen and oxygen atoms in total. The Morgan fingerprint density at radius 1 is 1.19 bits per heavy atom. The Labute approximate surface area is 121 Å². The zero-order valence-corrected chi connectivity index (χ0v) is 13.3. The van der Waals surface area contributed by atoms with Crippen LogP contribution in [0.1, 0.15) is 21.4 Å². The second-order valence-electron chi connectivity index (χ2n) is 3.48. The van der Waals surface area contributed by atoms with E-state index in [1.165, 1.54) is 10.4 Å². The summed E-state index contributed by atoms with van der Waals surface area (Å²) in [6, 6.07) is 10.2. The first-order valence-electron chi connectivity index (χ1n) is 4.73. The molecular formula is C12H9Br2ClS. The van der Waals surface area contributed by atoms with E-state index in [-0.39, 0.29) is 5.38 Å². The predicted octanol–water partition coefficient (Wildman–Crippen LogP) is 5.91. The first-order valence-corrected chi connectivity index (χ1v) is 7.57. The SMILES string of the molecule is Cc1sc(Br)cc1C(Cl)c1ccc(Br)cc1. The molecule has 1 aromatic heterocycles. The topological polar surface area (TPSA) is 0 Å². The van der Waals surface area contributed by atoms with Crippen molar-refractivity contribution in [3.05, 3.63) is 54.6 Å². The number of aryl methyl sites for hydroxylation is 1. The van der Waals surface area contributed by atoms with Gasteiger partial charge in [0.1, 0.15) is 0 Å². The van der Waals surface area contributed by atoms with Crippen molar-refractivity contribution in [2.24, 2.45) is 0 Å². The van der Waals surface area contributed by atoms with E-state index in [4.69, 9.17) is 11.6 Å². The minimum absolute atomic E-state index is 0.0735. The summed E-state index contributed by atoms with van der Waals surface area (Å²) in [5.74, 6) is 0. The molecule has 0 radical (unpaired) electrons. The van der Waals surface area contributed by atoms with Crippen LogP contribution in [0.3, 0.4) is 0 Å². The van der Waals surface area contributed by atoms with Gasteiger partial charge in [0.2, 0.25) is 0 Å². The average molecular weight is 381 g/mol. The van der Waals surface area contributed by atoms with Crippen molar-refractivity contribution in [1.82, 2.24) is 0 Å². The highest BCUT2D eigenvalue weighted by molar-refractivity contribution is 9.11. The molecule has 2 rings (SSSR count). The summed E-state index contributed by atoms with van der Waals surface area (Å²) in [6.07, 6.45) is 0. The van der Waals surface area contributed by atoms with Crippen molar-refractivity contribution >= 4 is 54.8 Å². The van der Waals surface area contributed by atoms with Gasteiger partial charge in [0, 0.05) is 9.35 Å². The molecule has 0 aliphatic carbocycles. The van der Waals surface area contributed by atoms with Crippen molar-refractivity contribution in [2.45, 2.75) is 12.3 Å². The standard InChI is InChI=1S/C12H9Br2ClS/c1-7-10(6-11(14)16-7)12(15)8-2-4-9(13)5-3-8/h2-6,12H,1H3. The largest absolute Gasteiger partial charge is 0.133 e. The molecule has 4 heteroatoms. The molecule has 0 N–H and O–H groups in total. The van der Waals surface area contributed by atoms with Crippen molar-refractivity contribution in [2.75, 3.05) is 0 Å². The fourth-order valence-corrected chi connectivity index (χ4v) is 3.97. The van der Waals surface area contributed by atoms with Gasteiger partial charge in [-0.2, -0.15) is 0 Å². The van der Waals surface area contributed by atoms with Gasteiger partial charge in [-0.15, -0.1) is 22.9 Å². The maximum Gasteiger partial charge on any atom is 0.0846 e. The van der Waals surface area contributed by atoms with Crippen molar-refractivity contribution in [1.29, 1.82) is 0 Å². The lowest BCUT2D eigenvalue weighted by atomic mass is 10.1. The molecule has 0 bridgehead atoms. The Hall–Kier alpha value is 0.170. The number of benzene rings is 1. The number of hydrogen-bond acceptors (Lipinski definition) is 1. The van der Waals surface area contributed by atoms with Crippen LogP contribution in [0.15, 0.2) is 38.6 Å². The number of rotatable bonds is 2. The van der Waals surface area contributed by atoms with Gasteiger partial charge < -0.3 is 0 Å². The van der Waals surface area contributed by atoms with E-state index < -0.39 is 0 Å². The van der Waals surface area contributed by atoms with Crippen LogP contribution in [-0.4, -0.2) is 0 Å². The van der Waals surface area contributed by atoms with Crippen molar-refractivity contribution in [3.8, 4) is 0 Å². The maximum absolute atomic E-state index is 6.47. The van der Waals surface area contributed by atoms with E-state index in [0.717, 1.165) is 13.8 Å². The number of hydrogen-bond donors (Lipinski definition) is 0. The van der Waals surface area contributed by atoms with E-state index in [9.17, 15) is 0 Å². The molecule has 1 atom stereocenters. The minimum atomic E-state index is -0.0735. The third kappa shape index (κ3) is 2.70. The van der Waals surface area contributed by atoms with E-state index in [0.29, 0.717) is 0 Å². The van der Waals surface area contributed by atoms with Crippen LogP contribution in [0.5, 0.6) is 0 Å². The number of halogens is 3. The molecule has 0 saturated heterocycles. The zero-order chi connectivity index (χ0) is 11.7. The van der Waals surface area contributed by atoms with Gasteiger partial charge >= 0.3 is 0 Å². The Morgan fingerprint density at radius 2 is 1.81 bits per heavy atom. The van der Waals surface area contributed by atoms with Crippen LogP contribution in [0.4, 0.5) is 0 Å². The van der Waals surface area contributed by atoms with E-state index >= 15 is 0 Å². The highest BCUT2D eigenvalue weighted by Crippen LogP contribution is 2.37. The quantitative estimate of drug-likeness (QED) is 0.568. The maximum atomic E-state index is 6.47. The van der Waals surface area contributed by atoms with Gasteiger partial charge in [0.05, 0.1) is 9.16 Å². The molecule has 16 heavy (non-hydrogen) atoms. The summed E-state index contributed by atoms with van der Waals surface area (Å²) in [6.45, 7) is 2.10. The summed E-state index contributed by atoms with van der Waals surface area (Å²) < 4.78 is 2.20. The van der Waals surface area contributed by atoms with Crippen LogP contribution in [-0.2, 0) is 0 Å². The zero-order valence-electron chi connectivity index (χ0n) is 8.51. The second-order valence-corrected chi connectivity index (χ2v) is 7.46. The lowest BCUT2D eigenvalue weighted by Crippen LogP contribution is -1.92. The van der Waals surface area contributed by atoms with E-state index in [1.807, 2.05) is 24.3 Å². The minimum Gasteiger partial charge on any atom is -0.133 e.